The highest BCUT2D eigenvalue weighted by atomic mass is 35.5. The number of nitrogens with one attached hydrogen (secondary N) is 2. The van der Waals surface area contributed by atoms with Gasteiger partial charge in [-0.15, -0.1) is 11.6 Å². The molecule has 0 aliphatic carbocycles. The van der Waals surface area contributed by atoms with E-state index in [4.69, 9.17) is 11.6 Å². The van der Waals surface area contributed by atoms with Gasteiger partial charge in [-0.3, -0.25) is 4.79 Å². The number of hydrogen-bond donors (Lipinski definition) is 2. The van der Waals surface area contributed by atoms with Gasteiger partial charge in [-0.1, -0.05) is 6.07 Å². The van der Waals surface area contributed by atoms with E-state index in [0.717, 1.165) is 16.6 Å². The zero-order valence-corrected chi connectivity index (χ0v) is 8.14. The van der Waals surface area contributed by atoms with Crippen molar-refractivity contribution in [3.8, 4) is 0 Å². The SMILES string of the molecule is O=C(CCl)Nc1ccc2cc[nH]c2c1. The number of carbonyl (C=O) groups excluding carboxylic acids is 1. The summed E-state index contributed by atoms with van der Waals surface area (Å²) in [5.74, 6) is -0.222. The summed E-state index contributed by atoms with van der Waals surface area (Å²) in [6.07, 6.45) is 1.86. The van der Waals surface area contributed by atoms with Crippen molar-refractivity contribution >= 4 is 34.1 Å². The smallest absolute Gasteiger partial charge is 0.239 e. The molecule has 2 rings (SSSR count). The molecule has 14 heavy (non-hydrogen) atoms. The molecular weight excluding hydrogens is 200 g/mol. The normalized spacial score (nSPS) is 10.4. The van der Waals surface area contributed by atoms with Crippen molar-refractivity contribution in [2.24, 2.45) is 0 Å². The van der Waals surface area contributed by atoms with Gasteiger partial charge in [0.05, 0.1) is 0 Å². The van der Waals surface area contributed by atoms with Gasteiger partial charge in [0.2, 0.25) is 5.91 Å². The van der Waals surface area contributed by atoms with Crippen LogP contribution in [0.1, 0.15) is 0 Å². The Kier molecular flexibility index (Phi) is 2.41. The molecule has 0 radical (unpaired) electrons. The Balaban J connectivity index is 2.30. The maximum Gasteiger partial charge on any atom is 0.239 e. The Morgan fingerprint density at radius 1 is 1.43 bits per heavy atom. The van der Waals surface area contributed by atoms with Gasteiger partial charge in [0, 0.05) is 17.4 Å². The van der Waals surface area contributed by atoms with E-state index in [1.807, 2.05) is 30.5 Å². The molecule has 0 saturated heterocycles. The van der Waals surface area contributed by atoms with Crippen molar-refractivity contribution in [3.63, 3.8) is 0 Å². The minimum absolute atomic E-state index is 0.0250. The molecule has 1 amide bonds. The predicted octanol–water partition coefficient (Wildman–Crippen LogP) is 2.35. The number of anilines is 1. The van der Waals surface area contributed by atoms with Crippen molar-refractivity contribution in [1.82, 2.24) is 4.98 Å². The lowest BCUT2D eigenvalue weighted by Gasteiger charge is -2.02. The van der Waals surface area contributed by atoms with Gasteiger partial charge in [0.15, 0.2) is 0 Å². The van der Waals surface area contributed by atoms with Crippen molar-refractivity contribution < 1.29 is 4.79 Å². The van der Waals surface area contributed by atoms with E-state index in [0.29, 0.717) is 0 Å². The molecular formula is C10H9ClN2O. The Morgan fingerprint density at radius 2 is 2.29 bits per heavy atom. The van der Waals surface area contributed by atoms with Crippen molar-refractivity contribution in [3.05, 3.63) is 30.5 Å². The lowest BCUT2D eigenvalue weighted by molar-refractivity contribution is -0.113. The molecule has 0 bridgehead atoms. The number of benzene rings is 1. The van der Waals surface area contributed by atoms with E-state index in [2.05, 4.69) is 10.3 Å². The number of hydrogen-bond acceptors (Lipinski definition) is 1. The molecule has 3 nitrogen and oxygen atoms in total. The Morgan fingerprint density at radius 3 is 3.07 bits per heavy atom. The summed E-state index contributed by atoms with van der Waals surface area (Å²) in [7, 11) is 0. The van der Waals surface area contributed by atoms with Gasteiger partial charge in [-0.2, -0.15) is 0 Å². The molecule has 4 heteroatoms. The first-order chi connectivity index (χ1) is 6.79. The van der Waals surface area contributed by atoms with Crippen molar-refractivity contribution in [2.45, 2.75) is 0 Å². The second-order valence-corrected chi connectivity index (χ2v) is 3.23. The van der Waals surface area contributed by atoms with E-state index >= 15 is 0 Å². The fourth-order valence-electron chi connectivity index (χ4n) is 1.32. The summed E-state index contributed by atoms with van der Waals surface area (Å²) in [6, 6.07) is 7.64. The maximum absolute atomic E-state index is 11.0. The quantitative estimate of drug-likeness (QED) is 0.732. The monoisotopic (exact) mass is 208 g/mol. The second-order valence-electron chi connectivity index (χ2n) is 2.96. The van der Waals surface area contributed by atoms with Gasteiger partial charge >= 0.3 is 0 Å². The Bertz CT molecular complexity index is 464. The molecule has 72 valence electrons. The molecule has 2 aromatic rings. The molecule has 0 aliphatic heterocycles. The molecule has 0 saturated carbocycles. The Labute approximate surface area is 86.1 Å². The minimum atomic E-state index is -0.197. The zero-order chi connectivity index (χ0) is 9.97. The van der Waals surface area contributed by atoms with Gasteiger partial charge in [0.1, 0.15) is 5.88 Å². The number of H-pyrrole nitrogens is 1. The summed E-state index contributed by atoms with van der Waals surface area (Å²) in [5.41, 5.74) is 1.75. The lowest BCUT2D eigenvalue weighted by atomic mass is 10.2. The summed E-state index contributed by atoms with van der Waals surface area (Å²) < 4.78 is 0. The standard InChI is InChI=1S/C10H9ClN2O/c11-6-10(14)13-8-2-1-7-3-4-12-9(7)5-8/h1-5,12H,6H2,(H,13,14). The van der Waals surface area contributed by atoms with E-state index in [9.17, 15) is 4.79 Å². The average Bonchev–Trinajstić information content (AvgIpc) is 2.64. The summed E-state index contributed by atoms with van der Waals surface area (Å²) in [5, 5.41) is 3.80. The molecule has 1 heterocycles. The average molecular weight is 209 g/mol. The largest absolute Gasteiger partial charge is 0.361 e. The number of halogens is 1. The predicted molar refractivity (Wildman–Crippen MR) is 57.6 cm³/mol. The summed E-state index contributed by atoms with van der Waals surface area (Å²) in [6.45, 7) is 0. The summed E-state index contributed by atoms with van der Waals surface area (Å²) in [4.78, 5) is 14.1. The topological polar surface area (TPSA) is 44.9 Å². The molecule has 0 atom stereocenters. The Hall–Kier alpha value is -1.48. The number of alkyl halides is 1. The third-order valence-electron chi connectivity index (χ3n) is 1.96. The van der Waals surface area contributed by atoms with E-state index in [1.165, 1.54) is 0 Å². The fraction of sp³-hybridized carbons (Fsp3) is 0.100. The van der Waals surface area contributed by atoms with E-state index < -0.39 is 0 Å². The van der Waals surface area contributed by atoms with Crippen LogP contribution in [-0.4, -0.2) is 16.8 Å². The van der Waals surface area contributed by atoms with Crippen LogP contribution in [0.5, 0.6) is 0 Å². The minimum Gasteiger partial charge on any atom is -0.361 e. The van der Waals surface area contributed by atoms with Crippen LogP contribution in [0, 0.1) is 0 Å². The first-order valence-electron chi connectivity index (χ1n) is 4.22. The molecule has 1 aromatic heterocycles. The number of amides is 1. The first kappa shape index (κ1) is 9.09. The molecule has 2 N–H and O–H groups in total. The number of rotatable bonds is 2. The van der Waals surface area contributed by atoms with Crippen LogP contribution in [-0.2, 0) is 4.79 Å². The maximum atomic E-state index is 11.0. The molecule has 0 aliphatic rings. The van der Waals surface area contributed by atoms with Crippen LogP contribution in [0.4, 0.5) is 5.69 Å². The van der Waals surface area contributed by atoms with E-state index in [-0.39, 0.29) is 11.8 Å². The van der Waals surface area contributed by atoms with Crippen LogP contribution in [0.25, 0.3) is 10.9 Å². The highest BCUT2D eigenvalue weighted by molar-refractivity contribution is 6.29. The lowest BCUT2D eigenvalue weighted by Crippen LogP contribution is -2.12. The molecule has 0 spiro atoms. The second kappa shape index (κ2) is 3.72. The number of carbonyl (C=O) groups is 1. The van der Waals surface area contributed by atoms with E-state index in [1.54, 1.807) is 0 Å². The fourth-order valence-corrected chi connectivity index (χ4v) is 1.39. The number of aromatic nitrogens is 1. The van der Waals surface area contributed by atoms with Gasteiger partial charge in [-0.25, -0.2) is 0 Å². The van der Waals surface area contributed by atoms with Crippen LogP contribution >= 0.6 is 11.6 Å². The van der Waals surface area contributed by atoms with Gasteiger partial charge in [-0.05, 0) is 23.6 Å². The highest BCUT2D eigenvalue weighted by Crippen LogP contribution is 2.17. The molecule has 0 fully saturated rings. The number of fused-ring (bicyclic) bond motifs is 1. The number of aromatic amines is 1. The molecule has 1 aromatic carbocycles. The van der Waals surface area contributed by atoms with Crippen molar-refractivity contribution in [2.75, 3.05) is 11.2 Å². The van der Waals surface area contributed by atoms with Gasteiger partial charge < -0.3 is 10.3 Å². The highest BCUT2D eigenvalue weighted by Gasteiger charge is 2.00. The van der Waals surface area contributed by atoms with Crippen LogP contribution < -0.4 is 5.32 Å². The summed E-state index contributed by atoms with van der Waals surface area (Å²) >= 11 is 5.38. The first-order valence-corrected chi connectivity index (χ1v) is 4.76. The van der Waals surface area contributed by atoms with Crippen LogP contribution in [0.2, 0.25) is 0 Å². The molecule has 0 unspecified atom stereocenters. The zero-order valence-electron chi connectivity index (χ0n) is 7.38. The third kappa shape index (κ3) is 1.72. The van der Waals surface area contributed by atoms with Crippen molar-refractivity contribution in [1.29, 1.82) is 0 Å². The van der Waals surface area contributed by atoms with Crippen LogP contribution in [0.15, 0.2) is 30.5 Å². The van der Waals surface area contributed by atoms with Crippen LogP contribution in [0.3, 0.4) is 0 Å². The van der Waals surface area contributed by atoms with Gasteiger partial charge in [0.25, 0.3) is 0 Å². The third-order valence-corrected chi connectivity index (χ3v) is 2.20.